The number of hydrogen-bond donors (Lipinski definition) is 1. The van der Waals surface area contributed by atoms with E-state index in [-0.39, 0.29) is 5.88 Å². The molecule has 0 saturated carbocycles. The van der Waals surface area contributed by atoms with Crippen LogP contribution in [-0.2, 0) is 0 Å². The van der Waals surface area contributed by atoms with E-state index in [2.05, 4.69) is 22.1 Å². The molecule has 0 aliphatic rings. The SMILES string of the molecule is Cc1ccc(-c2nc3ccccc3s2)cc1N=C(N)CCl. The minimum absolute atomic E-state index is 0.227. The summed E-state index contributed by atoms with van der Waals surface area (Å²) in [6.45, 7) is 2.00. The van der Waals surface area contributed by atoms with Crippen LogP contribution in [0.25, 0.3) is 20.8 Å². The molecule has 0 unspecified atom stereocenters. The first-order valence-electron chi connectivity index (χ1n) is 6.53. The standard InChI is InChI=1S/C16H14ClN3S/c1-10-6-7-11(8-13(10)19-15(18)9-17)16-20-12-4-2-3-5-14(12)21-16/h2-8H,9H2,1H3,(H2,18,19). The summed E-state index contributed by atoms with van der Waals surface area (Å²) < 4.78 is 1.18. The molecule has 2 N–H and O–H groups in total. The maximum Gasteiger partial charge on any atom is 0.124 e. The minimum atomic E-state index is 0.227. The van der Waals surface area contributed by atoms with E-state index in [0.717, 1.165) is 27.3 Å². The third-order valence-corrected chi connectivity index (χ3v) is 4.51. The molecule has 0 fully saturated rings. The van der Waals surface area contributed by atoms with Gasteiger partial charge in [0, 0.05) is 5.56 Å². The number of fused-ring (bicyclic) bond motifs is 1. The third kappa shape index (κ3) is 2.91. The lowest BCUT2D eigenvalue weighted by Gasteiger charge is -2.04. The quantitative estimate of drug-likeness (QED) is 0.439. The second-order valence-corrected chi connectivity index (χ2v) is 6.02. The maximum absolute atomic E-state index is 5.73. The number of aryl methyl sites for hydroxylation is 1. The molecule has 106 valence electrons. The van der Waals surface area contributed by atoms with E-state index < -0.39 is 0 Å². The van der Waals surface area contributed by atoms with Crippen molar-refractivity contribution in [3.8, 4) is 10.6 Å². The molecule has 3 aromatic rings. The molecule has 0 amide bonds. The summed E-state index contributed by atoms with van der Waals surface area (Å²) >= 11 is 7.37. The Morgan fingerprint density at radius 2 is 2.10 bits per heavy atom. The van der Waals surface area contributed by atoms with Crippen LogP contribution in [0.2, 0.25) is 0 Å². The van der Waals surface area contributed by atoms with Crippen molar-refractivity contribution in [2.75, 3.05) is 5.88 Å². The van der Waals surface area contributed by atoms with Crippen LogP contribution in [0.5, 0.6) is 0 Å². The van der Waals surface area contributed by atoms with Crippen LogP contribution in [0.15, 0.2) is 47.5 Å². The first-order valence-corrected chi connectivity index (χ1v) is 7.88. The monoisotopic (exact) mass is 315 g/mol. The lowest BCUT2D eigenvalue weighted by atomic mass is 10.1. The fourth-order valence-electron chi connectivity index (χ4n) is 2.04. The fourth-order valence-corrected chi connectivity index (χ4v) is 3.06. The summed E-state index contributed by atoms with van der Waals surface area (Å²) in [5, 5.41) is 0.983. The van der Waals surface area contributed by atoms with Gasteiger partial charge in [0.1, 0.15) is 10.8 Å². The van der Waals surface area contributed by atoms with Gasteiger partial charge in [0.05, 0.1) is 21.8 Å². The van der Waals surface area contributed by atoms with Crippen LogP contribution < -0.4 is 5.73 Å². The Hall–Kier alpha value is -1.91. The molecule has 2 aromatic carbocycles. The number of rotatable bonds is 3. The van der Waals surface area contributed by atoms with Gasteiger partial charge in [-0.25, -0.2) is 9.98 Å². The summed E-state index contributed by atoms with van der Waals surface area (Å²) in [4.78, 5) is 9.02. The summed E-state index contributed by atoms with van der Waals surface area (Å²) in [5.74, 6) is 0.645. The number of benzene rings is 2. The highest BCUT2D eigenvalue weighted by molar-refractivity contribution is 7.21. The minimum Gasteiger partial charge on any atom is -0.386 e. The van der Waals surface area contributed by atoms with Gasteiger partial charge in [0.2, 0.25) is 0 Å². The molecule has 0 bridgehead atoms. The Kier molecular flexibility index (Phi) is 3.90. The zero-order valence-corrected chi connectivity index (χ0v) is 13.1. The van der Waals surface area contributed by atoms with Crippen LogP contribution in [0.3, 0.4) is 0 Å². The number of nitrogens with zero attached hydrogens (tertiary/aromatic N) is 2. The number of hydrogen-bond acceptors (Lipinski definition) is 3. The summed E-state index contributed by atoms with van der Waals surface area (Å²) in [7, 11) is 0. The van der Waals surface area contributed by atoms with Gasteiger partial charge in [0.25, 0.3) is 0 Å². The van der Waals surface area contributed by atoms with E-state index in [1.807, 2.05) is 37.3 Å². The van der Waals surface area contributed by atoms with Crippen LogP contribution in [0, 0.1) is 6.92 Å². The van der Waals surface area contributed by atoms with Crippen molar-refractivity contribution in [1.29, 1.82) is 0 Å². The first-order chi connectivity index (χ1) is 10.2. The van der Waals surface area contributed by atoms with E-state index >= 15 is 0 Å². The number of alkyl halides is 1. The van der Waals surface area contributed by atoms with Gasteiger partial charge < -0.3 is 5.73 Å². The van der Waals surface area contributed by atoms with E-state index in [0.29, 0.717) is 5.84 Å². The third-order valence-electron chi connectivity index (χ3n) is 3.15. The van der Waals surface area contributed by atoms with E-state index in [4.69, 9.17) is 17.3 Å². The smallest absolute Gasteiger partial charge is 0.124 e. The molecule has 0 aliphatic heterocycles. The van der Waals surface area contributed by atoms with Gasteiger partial charge in [0.15, 0.2) is 0 Å². The van der Waals surface area contributed by atoms with Gasteiger partial charge in [-0.05, 0) is 30.7 Å². The molecule has 21 heavy (non-hydrogen) atoms. The summed E-state index contributed by atoms with van der Waals surface area (Å²) in [5.41, 5.74) is 9.69. The number of amidine groups is 1. The van der Waals surface area contributed by atoms with Gasteiger partial charge in [-0.15, -0.1) is 22.9 Å². The number of aromatic nitrogens is 1. The van der Waals surface area contributed by atoms with Crippen molar-refractivity contribution in [3.63, 3.8) is 0 Å². The van der Waals surface area contributed by atoms with Gasteiger partial charge >= 0.3 is 0 Å². The Bertz CT molecular complexity index is 790. The van der Waals surface area contributed by atoms with Crippen LogP contribution >= 0.6 is 22.9 Å². The molecule has 0 atom stereocenters. The molecule has 0 aliphatic carbocycles. The molecule has 1 aromatic heterocycles. The average Bonchev–Trinajstić information content (AvgIpc) is 2.93. The molecule has 3 nitrogen and oxygen atoms in total. The largest absolute Gasteiger partial charge is 0.386 e. The van der Waals surface area contributed by atoms with Crippen molar-refractivity contribution in [2.45, 2.75) is 6.92 Å². The van der Waals surface area contributed by atoms with Gasteiger partial charge in [-0.3, -0.25) is 0 Å². The normalized spacial score (nSPS) is 12.0. The second-order valence-electron chi connectivity index (χ2n) is 4.72. The number of nitrogens with two attached hydrogens (primary N) is 1. The highest BCUT2D eigenvalue weighted by atomic mass is 35.5. The molecule has 0 radical (unpaired) electrons. The molecule has 0 spiro atoms. The predicted molar refractivity (Wildman–Crippen MR) is 91.8 cm³/mol. The van der Waals surface area contributed by atoms with E-state index in [9.17, 15) is 0 Å². The number of para-hydroxylation sites is 1. The Balaban J connectivity index is 2.08. The summed E-state index contributed by atoms with van der Waals surface area (Å²) in [6, 6.07) is 14.2. The van der Waals surface area contributed by atoms with Crippen LogP contribution in [0.4, 0.5) is 5.69 Å². The molecular formula is C16H14ClN3S. The lowest BCUT2D eigenvalue weighted by molar-refractivity contribution is 1.36. The zero-order valence-electron chi connectivity index (χ0n) is 11.5. The van der Waals surface area contributed by atoms with Crippen LogP contribution in [0.1, 0.15) is 5.56 Å². The molecule has 1 heterocycles. The molecule has 3 rings (SSSR count). The Morgan fingerprint density at radius 1 is 1.29 bits per heavy atom. The highest BCUT2D eigenvalue weighted by Gasteiger charge is 2.08. The van der Waals surface area contributed by atoms with Gasteiger partial charge in [-0.1, -0.05) is 24.3 Å². The van der Waals surface area contributed by atoms with Crippen molar-refractivity contribution in [3.05, 3.63) is 48.0 Å². The van der Waals surface area contributed by atoms with Crippen molar-refractivity contribution < 1.29 is 0 Å². The first kappa shape index (κ1) is 14.0. The average molecular weight is 316 g/mol. The van der Waals surface area contributed by atoms with Crippen molar-refractivity contribution >= 4 is 44.7 Å². The Morgan fingerprint density at radius 3 is 2.86 bits per heavy atom. The number of thiazole rings is 1. The second kappa shape index (κ2) is 5.84. The molecular weight excluding hydrogens is 302 g/mol. The van der Waals surface area contributed by atoms with Gasteiger partial charge in [-0.2, -0.15) is 0 Å². The summed E-state index contributed by atoms with van der Waals surface area (Å²) in [6.07, 6.45) is 0. The van der Waals surface area contributed by atoms with Crippen LogP contribution in [-0.4, -0.2) is 16.7 Å². The number of halogens is 1. The van der Waals surface area contributed by atoms with E-state index in [1.54, 1.807) is 11.3 Å². The highest BCUT2D eigenvalue weighted by Crippen LogP contribution is 2.33. The van der Waals surface area contributed by atoms with Crippen molar-refractivity contribution in [1.82, 2.24) is 4.98 Å². The fraction of sp³-hybridized carbons (Fsp3) is 0.125. The zero-order chi connectivity index (χ0) is 14.8. The topological polar surface area (TPSA) is 51.3 Å². The molecule has 5 heteroatoms. The maximum atomic E-state index is 5.73. The lowest BCUT2D eigenvalue weighted by Crippen LogP contribution is -2.12. The predicted octanol–water partition coefficient (Wildman–Crippen LogP) is 4.50. The number of aliphatic imine (C=N–C) groups is 1. The van der Waals surface area contributed by atoms with Crippen molar-refractivity contribution in [2.24, 2.45) is 10.7 Å². The van der Waals surface area contributed by atoms with E-state index in [1.165, 1.54) is 4.70 Å². The Labute approximate surface area is 132 Å². The molecule has 0 saturated heterocycles.